The molecule has 1 aliphatic rings. The minimum Gasteiger partial charge on any atom is -0.454 e. The van der Waals surface area contributed by atoms with Crippen molar-refractivity contribution in [2.45, 2.75) is 42.5 Å². The maximum absolute atomic E-state index is 12.7. The Morgan fingerprint density at radius 1 is 1.11 bits per heavy atom. The van der Waals surface area contributed by atoms with Crippen LogP contribution in [-0.2, 0) is 24.3 Å². The van der Waals surface area contributed by atoms with Crippen LogP contribution in [0.15, 0.2) is 29.2 Å². The van der Waals surface area contributed by atoms with Gasteiger partial charge >= 0.3 is 12.0 Å². The van der Waals surface area contributed by atoms with E-state index in [1.54, 1.807) is 5.32 Å². The van der Waals surface area contributed by atoms with Crippen LogP contribution >= 0.6 is 11.6 Å². The van der Waals surface area contributed by atoms with E-state index in [-0.39, 0.29) is 17.7 Å². The highest BCUT2D eigenvalue weighted by Crippen LogP contribution is 2.31. The van der Waals surface area contributed by atoms with Crippen molar-refractivity contribution in [1.82, 2.24) is 10.0 Å². The highest BCUT2D eigenvalue weighted by Gasteiger charge is 2.44. The number of urea groups is 1. The summed E-state index contributed by atoms with van der Waals surface area (Å²) >= 11 is 5.78. The molecule has 0 atom stereocenters. The summed E-state index contributed by atoms with van der Waals surface area (Å²) in [5, 5.41) is 2.14. The van der Waals surface area contributed by atoms with Gasteiger partial charge in [0.1, 0.15) is 5.54 Å². The molecule has 3 amide bonds. The standard InChI is InChI=1S/C16H20ClN3O6S/c17-11-4-6-12(7-5-11)27(24,25)20-16(8-2-1-3-9-16)14(22)26-10-13(21)19-15(18)23/h4-7,20H,1-3,8-10H2,(H3,18,19,21,23). The first-order valence-corrected chi connectivity index (χ1v) is 10.1. The van der Waals surface area contributed by atoms with Crippen molar-refractivity contribution in [2.24, 2.45) is 5.73 Å². The minimum absolute atomic E-state index is 0.0453. The minimum atomic E-state index is -4.02. The number of ether oxygens (including phenoxy) is 1. The van der Waals surface area contributed by atoms with Gasteiger partial charge in [0.15, 0.2) is 6.61 Å². The lowest BCUT2D eigenvalue weighted by Crippen LogP contribution is -2.56. The molecule has 0 spiro atoms. The Morgan fingerprint density at radius 3 is 2.26 bits per heavy atom. The lowest BCUT2D eigenvalue weighted by atomic mass is 9.82. The molecule has 11 heteroatoms. The molecule has 2 rings (SSSR count). The third-order valence-electron chi connectivity index (χ3n) is 4.15. The number of hydrogen-bond acceptors (Lipinski definition) is 6. The van der Waals surface area contributed by atoms with E-state index in [4.69, 9.17) is 22.1 Å². The van der Waals surface area contributed by atoms with Crippen molar-refractivity contribution in [1.29, 1.82) is 0 Å². The first kappa shape index (κ1) is 21.1. The molecule has 1 aromatic carbocycles. The molecule has 1 aromatic rings. The summed E-state index contributed by atoms with van der Waals surface area (Å²) in [5.41, 5.74) is 3.33. The van der Waals surface area contributed by atoms with Gasteiger partial charge in [0, 0.05) is 5.02 Å². The Kier molecular flexibility index (Phi) is 6.79. The fraction of sp³-hybridized carbons (Fsp3) is 0.438. The van der Waals surface area contributed by atoms with E-state index in [9.17, 15) is 22.8 Å². The van der Waals surface area contributed by atoms with Crippen LogP contribution in [-0.4, -0.2) is 38.5 Å². The number of carbonyl (C=O) groups is 3. The van der Waals surface area contributed by atoms with E-state index in [1.165, 1.54) is 24.3 Å². The summed E-state index contributed by atoms with van der Waals surface area (Å²) < 4.78 is 32.8. The molecule has 148 valence electrons. The third-order valence-corrected chi connectivity index (χ3v) is 5.95. The van der Waals surface area contributed by atoms with Gasteiger partial charge in [0.2, 0.25) is 10.0 Å². The molecule has 0 saturated heterocycles. The molecular formula is C16H20ClN3O6S. The van der Waals surface area contributed by atoms with Gasteiger partial charge in [-0.3, -0.25) is 14.9 Å². The van der Waals surface area contributed by atoms with Crippen LogP contribution in [0, 0.1) is 0 Å². The van der Waals surface area contributed by atoms with Crippen LogP contribution in [0.2, 0.25) is 5.02 Å². The summed E-state index contributed by atoms with van der Waals surface area (Å²) in [5.74, 6) is -1.78. The molecule has 27 heavy (non-hydrogen) atoms. The Balaban J connectivity index is 2.17. The number of sulfonamides is 1. The average molecular weight is 418 g/mol. The van der Waals surface area contributed by atoms with Crippen LogP contribution in [0.3, 0.4) is 0 Å². The monoisotopic (exact) mass is 417 g/mol. The number of rotatable bonds is 6. The maximum atomic E-state index is 12.7. The number of hydrogen-bond donors (Lipinski definition) is 3. The van der Waals surface area contributed by atoms with E-state index in [2.05, 4.69) is 4.72 Å². The van der Waals surface area contributed by atoms with Crippen molar-refractivity contribution in [3.8, 4) is 0 Å². The molecule has 1 fully saturated rings. The SMILES string of the molecule is NC(=O)NC(=O)COC(=O)C1(NS(=O)(=O)c2ccc(Cl)cc2)CCCCC1. The summed E-state index contributed by atoms with van der Waals surface area (Å²) in [4.78, 5) is 34.6. The molecule has 0 unspecified atom stereocenters. The lowest BCUT2D eigenvalue weighted by Gasteiger charge is -2.35. The average Bonchev–Trinajstić information content (AvgIpc) is 2.60. The number of nitrogens with two attached hydrogens (primary N) is 1. The van der Waals surface area contributed by atoms with Gasteiger partial charge in [-0.25, -0.2) is 13.2 Å². The van der Waals surface area contributed by atoms with E-state index < -0.39 is 40.1 Å². The summed E-state index contributed by atoms with van der Waals surface area (Å²) in [6, 6.07) is 4.43. The summed E-state index contributed by atoms with van der Waals surface area (Å²) in [6.45, 7) is -0.744. The lowest BCUT2D eigenvalue weighted by molar-refractivity contribution is -0.155. The number of amides is 3. The van der Waals surface area contributed by atoms with Crippen LogP contribution in [0.25, 0.3) is 0 Å². The van der Waals surface area contributed by atoms with Gasteiger partial charge in [0.05, 0.1) is 4.90 Å². The second kappa shape index (κ2) is 8.68. The third kappa shape index (κ3) is 5.65. The Morgan fingerprint density at radius 2 is 1.70 bits per heavy atom. The molecule has 0 heterocycles. The van der Waals surface area contributed by atoms with Crippen LogP contribution in [0.1, 0.15) is 32.1 Å². The number of halogens is 1. The fourth-order valence-corrected chi connectivity index (χ4v) is 4.42. The van der Waals surface area contributed by atoms with E-state index in [0.717, 1.165) is 6.42 Å². The number of primary amides is 1. The van der Waals surface area contributed by atoms with Gasteiger partial charge in [0.25, 0.3) is 5.91 Å². The first-order valence-electron chi connectivity index (χ1n) is 8.21. The van der Waals surface area contributed by atoms with E-state index in [0.29, 0.717) is 17.9 Å². The molecule has 0 bridgehead atoms. The highest BCUT2D eigenvalue weighted by atomic mass is 35.5. The van der Waals surface area contributed by atoms with E-state index >= 15 is 0 Å². The topological polar surface area (TPSA) is 145 Å². The molecule has 4 N–H and O–H groups in total. The first-order chi connectivity index (χ1) is 12.6. The number of carbonyl (C=O) groups excluding carboxylic acids is 3. The van der Waals surface area contributed by atoms with Crippen LogP contribution in [0.4, 0.5) is 4.79 Å². The largest absolute Gasteiger partial charge is 0.454 e. The number of nitrogens with one attached hydrogen (secondary N) is 2. The van der Waals surface area contributed by atoms with E-state index in [1.807, 2.05) is 0 Å². The number of imide groups is 1. The smallest absolute Gasteiger partial charge is 0.327 e. The number of esters is 1. The second-order valence-corrected chi connectivity index (χ2v) is 8.31. The molecule has 0 aliphatic heterocycles. The quantitative estimate of drug-likeness (QED) is 0.590. The Hall–Kier alpha value is -2.17. The second-order valence-electron chi connectivity index (χ2n) is 6.19. The normalized spacial score (nSPS) is 16.3. The van der Waals surface area contributed by atoms with Crippen LogP contribution in [0.5, 0.6) is 0 Å². The molecule has 9 nitrogen and oxygen atoms in total. The Labute approximate surface area is 161 Å². The van der Waals surface area contributed by atoms with Crippen molar-refractivity contribution in [2.75, 3.05) is 6.61 Å². The van der Waals surface area contributed by atoms with Crippen molar-refractivity contribution in [3.05, 3.63) is 29.3 Å². The van der Waals surface area contributed by atoms with Crippen molar-refractivity contribution < 1.29 is 27.5 Å². The van der Waals surface area contributed by atoms with Crippen molar-refractivity contribution in [3.63, 3.8) is 0 Å². The number of benzene rings is 1. The zero-order valence-electron chi connectivity index (χ0n) is 14.4. The van der Waals surface area contributed by atoms with Gasteiger partial charge < -0.3 is 10.5 Å². The summed E-state index contributed by atoms with van der Waals surface area (Å²) in [7, 11) is -4.02. The van der Waals surface area contributed by atoms with Gasteiger partial charge in [-0.2, -0.15) is 4.72 Å². The molecule has 0 radical (unpaired) electrons. The van der Waals surface area contributed by atoms with Gasteiger partial charge in [-0.15, -0.1) is 0 Å². The predicted octanol–water partition coefficient (Wildman–Crippen LogP) is 1.06. The van der Waals surface area contributed by atoms with Gasteiger partial charge in [-0.05, 0) is 37.1 Å². The van der Waals surface area contributed by atoms with Crippen LogP contribution < -0.4 is 15.8 Å². The summed E-state index contributed by atoms with van der Waals surface area (Å²) in [6.07, 6.45) is 2.55. The highest BCUT2D eigenvalue weighted by molar-refractivity contribution is 7.89. The maximum Gasteiger partial charge on any atom is 0.327 e. The van der Waals surface area contributed by atoms with Crippen molar-refractivity contribution >= 4 is 39.5 Å². The molecule has 1 aliphatic carbocycles. The Bertz CT molecular complexity index is 819. The fourth-order valence-electron chi connectivity index (χ4n) is 2.88. The molecular weight excluding hydrogens is 398 g/mol. The predicted molar refractivity (Wildman–Crippen MR) is 96.3 cm³/mol. The molecule has 0 aromatic heterocycles. The zero-order chi connectivity index (χ0) is 20.1. The molecule has 1 saturated carbocycles. The zero-order valence-corrected chi connectivity index (χ0v) is 15.9. The van der Waals surface area contributed by atoms with Gasteiger partial charge in [-0.1, -0.05) is 30.9 Å².